The highest BCUT2D eigenvalue weighted by molar-refractivity contribution is 5.85. The number of nitrogens with one attached hydrogen (secondary N) is 1. The summed E-state index contributed by atoms with van der Waals surface area (Å²) in [5.74, 6) is 0. The van der Waals surface area contributed by atoms with E-state index in [1.165, 1.54) is 5.56 Å². The van der Waals surface area contributed by atoms with Crippen molar-refractivity contribution in [1.82, 2.24) is 0 Å². The van der Waals surface area contributed by atoms with Crippen LogP contribution in [0.2, 0.25) is 0 Å². The second-order valence-corrected chi connectivity index (χ2v) is 5.36. The topological polar surface area (TPSA) is 38.3 Å². The Labute approximate surface area is 103 Å². The molecule has 0 aromatic heterocycles. The predicted octanol–water partition coefficient (Wildman–Crippen LogP) is 3.96. The molecule has 1 aromatic rings. The van der Waals surface area contributed by atoms with Crippen LogP contribution in [0.3, 0.4) is 0 Å². The molecule has 0 heterocycles. The van der Waals surface area contributed by atoms with E-state index in [4.69, 9.17) is 4.74 Å². The van der Waals surface area contributed by atoms with E-state index < -0.39 is 11.7 Å². The number of anilines is 1. The van der Waals surface area contributed by atoms with Crippen molar-refractivity contribution < 1.29 is 9.53 Å². The fourth-order valence-corrected chi connectivity index (χ4v) is 1.53. The minimum atomic E-state index is -0.473. The molecular weight excluding hydrogens is 214 g/mol. The Morgan fingerprint density at radius 3 is 2.00 bits per heavy atom. The van der Waals surface area contributed by atoms with Gasteiger partial charge in [0.05, 0.1) is 0 Å². The first kappa shape index (κ1) is 13.6. The van der Waals surface area contributed by atoms with Crippen LogP contribution >= 0.6 is 0 Å². The molecule has 0 saturated carbocycles. The van der Waals surface area contributed by atoms with Gasteiger partial charge in [0, 0.05) is 5.69 Å². The first-order chi connectivity index (χ1) is 7.69. The SMILES string of the molecule is Cc1cc(NC(=O)OC(C)(C)C)cc(C)c1C. The summed E-state index contributed by atoms with van der Waals surface area (Å²) in [7, 11) is 0. The third-order valence-corrected chi connectivity index (χ3v) is 2.57. The van der Waals surface area contributed by atoms with Gasteiger partial charge in [0.1, 0.15) is 5.60 Å². The van der Waals surface area contributed by atoms with E-state index in [9.17, 15) is 4.79 Å². The lowest BCUT2D eigenvalue weighted by Crippen LogP contribution is -2.27. The number of ether oxygens (including phenoxy) is 1. The van der Waals surface area contributed by atoms with Crippen molar-refractivity contribution in [2.45, 2.75) is 47.1 Å². The van der Waals surface area contributed by atoms with E-state index in [2.05, 4.69) is 12.2 Å². The number of rotatable bonds is 1. The van der Waals surface area contributed by atoms with Crippen molar-refractivity contribution in [2.24, 2.45) is 0 Å². The molecule has 0 saturated heterocycles. The van der Waals surface area contributed by atoms with E-state index in [0.717, 1.165) is 16.8 Å². The zero-order valence-electron chi connectivity index (χ0n) is 11.5. The van der Waals surface area contributed by atoms with E-state index in [1.54, 1.807) is 0 Å². The Bertz CT molecular complexity index is 407. The molecule has 94 valence electrons. The number of hydrogen-bond acceptors (Lipinski definition) is 2. The van der Waals surface area contributed by atoms with Crippen LogP contribution in [0.1, 0.15) is 37.5 Å². The van der Waals surface area contributed by atoms with E-state index in [1.807, 2.05) is 46.8 Å². The Balaban J connectivity index is 2.79. The quantitative estimate of drug-likeness (QED) is 0.800. The zero-order valence-corrected chi connectivity index (χ0v) is 11.5. The standard InChI is InChI=1S/C14H21NO2/c1-9-7-12(8-10(2)11(9)3)15-13(16)17-14(4,5)6/h7-8H,1-6H3,(H,15,16). The van der Waals surface area contributed by atoms with Crippen molar-refractivity contribution in [2.75, 3.05) is 5.32 Å². The average Bonchev–Trinajstić information content (AvgIpc) is 2.10. The molecule has 0 aliphatic carbocycles. The van der Waals surface area contributed by atoms with Crippen molar-refractivity contribution >= 4 is 11.8 Å². The molecule has 0 radical (unpaired) electrons. The first-order valence-corrected chi connectivity index (χ1v) is 5.77. The van der Waals surface area contributed by atoms with Gasteiger partial charge in [-0.05, 0) is 70.4 Å². The van der Waals surface area contributed by atoms with Crippen LogP contribution in [0.15, 0.2) is 12.1 Å². The minimum Gasteiger partial charge on any atom is -0.444 e. The Morgan fingerprint density at radius 1 is 1.12 bits per heavy atom. The molecule has 1 N–H and O–H groups in total. The first-order valence-electron chi connectivity index (χ1n) is 5.77. The van der Waals surface area contributed by atoms with E-state index in [-0.39, 0.29) is 0 Å². The molecule has 1 rings (SSSR count). The second kappa shape index (κ2) is 4.78. The fraction of sp³-hybridized carbons (Fsp3) is 0.500. The van der Waals surface area contributed by atoms with Crippen LogP contribution in [0, 0.1) is 20.8 Å². The summed E-state index contributed by atoms with van der Waals surface area (Å²) < 4.78 is 5.20. The molecule has 3 heteroatoms. The highest BCUT2D eigenvalue weighted by Crippen LogP contribution is 2.19. The van der Waals surface area contributed by atoms with Gasteiger partial charge in [-0.1, -0.05) is 0 Å². The van der Waals surface area contributed by atoms with Gasteiger partial charge in [0.25, 0.3) is 0 Å². The van der Waals surface area contributed by atoms with E-state index in [0.29, 0.717) is 0 Å². The maximum Gasteiger partial charge on any atom is 0.412 e. The summed E-state index contributed by atoms with van der Waals surface area (Å²) in [5.41, 5.74) is 3.88. The second-order valence-electron chi connectivity index (χ2n) is 5.36. The van der Waals surface area contributed by atoms with Gasteiger partial charge in [-0.2, -0.15) is 0 Å². The van der Waals surface area contributed by atoms with Crippen molar-refractivity contribution in [1.29, 1.82) is 0 Å². The number of carbonyl (C=O) groups excluding carboxylic acids is 1. The molecule has 0 aliphatic rings. The molecular formula is C14H21NO2. The number of amides is 1. The lowest BCUT2D eigenvalue weighted by atomic mass is 10.0. The van der Waals surface area contributed by atoms with Crippen LogP contribution in [-0.2, 0) is 4.74 Å². The Kier molecular flexibility index (Phi) is 3.81. The maximum atomic E-state index is 11.6. The highest BCUT2D eigenvalue weighted by atomic mass is 16.6. The smallest absolute Gasteiger partial charge is 0.412 e. The summed E-state index contributed by atoms with van der Waals surface area (Å²) in [6.45, 7) is 11.7. The van der Waals surface area contributed by atoms with Gasteiger partial charge in [-0.3, -0.25) is 5.32 Å². The van der Waals surface area contributed by atoms with Gasteiger partial charge in [0.2, 0.25) is 0 Å². The minimum absolute atomic E-state index is 0.417. The molecule has 0 bridgehead atoms. The van der Waals surface area contributed by atoms with Crippen LogP contribution in [0.4, 0.5) is 10.5 Å². The molecule has 0 aliphatic heterocycles. The van der Waals surface area contributed by atoms with Crippen LogP contribution in [0.25, 0.3) is 0 Å². The van der Waals surface area contributed by atoms with Crippen LogP contribution in [0.5, 0.6) is 0 Å². The lowest BCUT2D eigenvalue weighted by molar-refractivity contribution is 0.0636. The van der Waals surface area contributed by atoms with Gasteiger partial charge < -0.3 is 4.74 Å². The summed E-state index contributed by atoms with van der Waals surface area (Å²) >= 11 is 0. The van der Waals surface area contributed by atoms with Gasteiger partial charge >= 0.3 is 6.09 Å². The Hall–Kier alpha value is -1.51. The summed E-state index contributed by atoms with van der Waals surface area (Å²) in [4.78, 5) is 11.6. The normalized spacial score (nSPS) is 11.2. The largest absolute Gasteiger partial charge is 0.444 e. The molecule has 0 spiro atoms. The molecule has 0 atom stereocenters. The number of carbonyl (C=O) groups is 1. The zero-order chi connectivity index (χ0) is 13.2. The molecule has 17 heavy (non-hydrogen) atoms. The summed E-state index contributed by atoms with van der Waals surface area (Å²) in [6.07, 6.45) is -0.417. The van der Waals surface area contributed by atoms with Crippen molar-refractivity contribution in [3.63, 3.8) is 0 Å². The molecule has 1 aromatic carbocycles. The maximum absolute atomic E-state index is 11.6. The third kappa shape index (κ3) is 4.10. The highest BCUT2D eigenvalue weighted by Gasteiger charge is 2.16. The van der Waals surface area contributed by atoms with Crippen molar-refractivity contribution in [3.05, 3.63) is 28.8 Å². The number of aryl methyl sites for hydroxylation is 2. The van der Waals surface area contributed by atoms with Gasteiger partial charge in [0.15, 0.2) is 0 Å². The third-order valence-electron chi connectivity index (χ3n) is 2.57. The van der Waals surface area contributed by atoms with Gasteiger partial charge in [-0.25, -0.2) is 4.79 Å². The van der Waals surface area contributed by atoms with Gasteiger partial charge in [-0.15, -0.1) is 0 Å². The van der Waals surface area contributed by atoms with Crippen LogP contribution < -0.4 is 5.32 Å². The fourth-order valence-electron chi connectivity index (χ4n) is 1.53. The predicted molar refractivity (Wildman–Crippen MR) is 70.5 cm³/mol. The molecule has 0 unspecified atom stereocenters. The van der Waals surface area contributed by atoms with Crippen molar-refractivity contribution in [3.8, 4) is 0 Å². The average molecular weight is 235 g/mol. The number of hydrogen-bond donors (Lipinski definition) is 1. The summed E-state index contributed by atoms with van der Waals surface area (Å²) in [6, 6.07) is 3.90. The molecule has 0 fully saturated rings. The lowest BCUT2D eigenvalue weighted by Gasteiger charge is -2.20. The monoisotopic (exact) mass is 235 g/mol. The molecule has 3 nitrogen and oxygen atoms in total. The Morgan fingerprint density at radius 2 is 1.59 bits per heavy atom. The molecule has 1 amide bonds. The van der Waals surface area contributed by atoms with E-state index >= 15 is 0 Å². The summed E-state index contributed by atoms with van der Waals surface area (Å²) in [5, 5.41) is 2.75. The number of benzene rings is 1. The van der Waals surface area contributed by atoms with Crippen LogP contribution in [-0.4, -0.2) is 11.7 Å².